The molecule has 7 rings (SSSR count). The Bertz CT molecular complexity index is 1440. The molecule has 1 fully saturated rings. The number of nitrogens with zero attached hydrogens (tertiary/aromatic N) is 1. The minimum absolute atomic E-state index is 0.120. The zero-order valence-corrected chi connectivity index (χ0v) is 22.6. The van der Waals surface area contributed by atoms with E-state index in [0.717, 1.165) is 3.58 Å². The number of anilines is 3. The van der Waals surface area contributed by atoms with Gasteiger partial charge >= 0.3 is 214 Å². The number of hydrogen-bond donors (Lipinski definition) is 0. The first kappa shape index (κ1) is 20.8. The van der Waals surface area contributed by atoms with Crippen molar-refractivity contribution in [3.63, 3.8) is 0 Å². The normalized spacial score (nSPS) is 17.8. The Morgan fingerprint density at radius 2 is 1.38 bits per heavy atom. The summed E-state index contributed by atoms with van der Waals surface area (Å²) < 4.78 is 2.46. The van der Waals surface area contributed by atoms with Gasteiger partial charge in [-0.15, -0.1) is 0 Å². The van der Waals surface area contributed by atoms with Crippen LogP contribution in [0.5, 0.6) is 0 Å². The van der Waals surface area contributed by atoms with Crippen molar-refractivity contribution in [1.29, 1.82) is 0 Å². The molecule has 1 saturated heterocycles. The zero-order valence-electron chi connectivity index (χ0n) is 18.4. The van der Waals surface area contributed by atoms with E-state index in [2.05, 4.69) is 65.6 Å². The number of rotatable bonds is 2. The van der Waals surface area contributed by atoms with Crippen molar-refractivity contribution in [2.45, 2.75) is 24.9 Å². The molecule has 166 valence electrons. The van der Waals surface area contributed by atoms with Gasteiger partial charge in [0.2, 0.25) is 0 Å². The van der Waals surface area contributed by atoms with Crippen LogP contribution in [0.1, 0.15) is 37.1 Å². The first-order valence-corrected chi connectivity index (χ1v) is 17.3. The van der Waals surface area contributed by atoms with Gasteiger partial charge in [-0.05, 0) is 0 Å². The van der Waals surface area contributed by atoms with Crippen LogP contribution in [-0.2, 0) is 0 Å². The topological polar surface area (TPSA) is 37.4 Å². The number of allylic oxidation sites excluding steroid dienone is 1. The molecule has 3 nitrogen and oxygen atoms in total. The molecule has 2 aliphatic heterocycles. The van der Waals surface area contributed by atoms with Gasteiger partial charge in [-0.1, -0.05) is 0 Å². The molecule has 6 heteroatoms. The molecule has 0 N–H and O–H groups in total. The summed E-state index contributed by atoms with van der Waals surface area (Å²) in [5, 5.41) is 6.75. The molecule has 0 amide bonds. The van der Waals surface area contributed by atoms with E-state index in [-0.39, 0.29) is 11.6 Å². The third-order valence-electron chi connectivity index (χ3n) is 7.54. The Labute approximate surface area is 213 Å². The van der Waals surface area contributed by atoms with E-state index >= 15 is 0 Å². The van der Waals surface area contributed by atoms with Gasteiger partial charge < -0.3 is 0 Å². The molecule has 4 heterocycles. The molecule has 0 saturated carbocycles. The maximum atomic E-state index is 12.8. The number of hydrogen-bond acceptors (Lipinski definition) is 4. The minimum atomic E-state index is -1.72. The standard InChI is InChI=1S/C28H21NO2SSiTe/c30-27-19(28(31)21-17-32-16-20(21)27)15-18-11-12-26(34-18)29-22-7-1-3-9-24(22)33(13-5-6-14-33)25-10-4-2-8-23(25)29/h1-4,7-12,15-17H,5-6,13-14H2. The fourth-order valence-corrected chi connectivity index (χ4v) is 15.2. The predicted molar refractivity (Wildman–Crippen MR) is 143 cm³/mol. The summed E-state index contributed by atoms with van der Waals surface area (Å²) in [6.07, 6.45) is 4.53. The van der Waals surface area contributed by atoms with Crippen molar-refractivity contribution < 1.29 is 9.59 Å². The molecule has 2 aromatic heterocycles. The maximum absolute atomic E-state index is 12.8. The van der Waals surface area contributed by atoms with Crippen LogP contribution in [0.2, 0.25) is 12.1 Å². The van der Waals surface area contributed by atoms with Crippen molar-refractivity contribution in [2.24, 2.45) is 0 Å². The number of para-hydroxylation sites is 2. The third kappa shape index (κ3) is 2.86. The van der Waals surface area contributed by atoms with Crippen LogP contribution >= 0.6 is 11.3 Å². The SMILES string of the molecule is O=C1C(=Cc2ccc(N3c4ccccc4[Si]4(CCCC4)c4ccccc43)[te]2)C(=O)c2cscc21. The van der Waals surface area contributed by atoms with Crippen LogP contribution in [0.15, 0.2) is 77.0 Å². The average Bonchev–Trinajstić information content (AvgIpc) is 3.66. The molecule has 1 spiro atoms. The Morgan fingerprint density at radius 1 is 0.794 bits per heavy atom. The van der Waals surface area contributed by atoms with Gasteiger partial charge in [-0.2, -0.15) is 0 Å². The van der Waals surface area contributed by atoms with Crippen LogP contribution in [0.3, 0.4) is 0 Å². The van der Waals surface area contributed by atoms with Crippen LogP contribution in [0.4, 0.5) is 15.1 Å². The number of fused-ring (bicyclic) bond motifs is 5. The summed E-state index contributed by atoms with van der Waals surface area (Å²) in [7, 11) is -1.72. The summed E-state index contributed by atoms with van der Waals surface area (Å²) in [4.78, 5) is 28.1. The molecule has 34 heavy (non-hydrogen) atoms. The van der Waals surface area contributed by atoms with Crippen LogP contribution in [0, 0.1) is 0 Å². The average molecular weight is 591 g/mol. The van der Waals surface area contributed by atoms with Crippen molar-refractivity contribution in [3.8, 4) is 0 Å². The Hall–Kier alpha value is -2.49. The number of carbonyl (C=O) groups is 2. The van der Waals surface area contributed by atoms with Crippen molar-refractivity contribution in [3.05, 3.63) is 91.7 Å². The summed E-state index contributed by atoms with van der Waals surface area (Å²) in [6.45, 7) is 0. The summed E-state index contributed by atoms with van der Waals surface area (Å²) in [5.41, 5.74) is 4.17. The monoisotopic (exact) mass is 593 g/mol. The Morgan fingerprint density at radius 3 is 2.00 bits per heavy atom. The predicted octanol–water partition coefficient (Wildman–Crippen LogP) is 5.41. The van der Waals surface area contributed by atoms with Crippen LogP contribution in [-0.4, -0.2) is 40.1 Å². The molecule has 0 unspecified atom stereocenters. The van der Waals surface area contributed by atoms with Gasteiger partial charge in [0.15, 0.2) is 0 Å². The number of thiophene rings is 1. The molecule has 2 aromatic carbocycles. The molecule has 0 atom stereocenters. The Balaban J connectivity index is 1.35. The van der Waals surface area contributed by atoms with Crippen molar-refractivity contribution >= 4 is 82.9 Å². The molecular formula is C28H21NO2SSiTe. The van der Waals surface area contributed by atoms with E-state index in [4.69, 9.17) is 0 Å². The summed E-state index contributed by atoms with van der Waals surface area (Å²) >= 11 is 0.670. The number of carbonyl (C=O) groups excluding carboxylic acids is 2. The third-order valence-corrected chi connectivity index (χ3v) is 16.5. The quantitative estimate of drug-likeness (QED) is 0.178. The van der Waals surface area contributed by atoms with Gasteiger partial charge in [-0.25, -0.2) is 0 Å². The van der Waals surface area contributed by atoms with Gasteiger partial charge in [0.05, 0.1) is 0 Å². The van der Waals surface area contributed by atoms with E-state index < -0.39 is 28.5 Å². The van der Waals surface area contributed by atoms with E-state index in [1.807, 2.05) is 6.08 Å². The molecule has 3 aliphatic rings. The fraction of sp³-hybridized carbons (Fsp3) is 0.143. The Kier molecular flexibility index (Phi) is 4.76. The molecular weight excluding hydrogens is 570 g/mol. The first-order valence-electron chi connectivity index (χ1n) is 11.6. The second-order valence-corrected chi connectivity index (χ2v) is 17.4. The van der Waals surface area contributed by atoms with E-state index in [1.54, 1.807) is 21.1 Å². The van der Waals surface area contributed by atoms with Crippen molar-refractivity contribution in [2.75, 3.05) is 4.90 Å². The second-order valence-electron chi connectivity index (χ2n) is 9.25. The first-order chi connectivity index (χ1) is 16.7. The van der Waals surface area contributed by atoms with E-state index in [9.17, 15) is 9.59 Å². The molecule has 0 bridgehead atoms. The van der Waals surface area contributed by atoms with Gasteiger partial charge in [-0.3, -0.25) is 0 Å². The molecule has 4 aromatic rings. The second kappa shape index (κ2) is 7.76. The van der Waals surface area contributed by atoms with E-state index in [0.29, 0.717) is 16.7 Å². The van der Waals surface area contributed by atoms with Gasteiger partial charge in [0.25, 0.3) is 0 Å². The number of Topliss-reactive ketones (excluding diaryl/α,β-unsaturated/α-hetero) is 2. The van der Waals surface area contributed by atoms with Gasteiger partial charge in [0.1, 0.15) is 0 Å². The molecule has 1 aliphatic carbocycles. The van der Waals surface area contributed by atoms with Crippen LogP contribution in [0.25, 0.3) is 6.08 Å². The van der Waals surface area contributed by atoms with E-state index in [1.165, 1.54) is 51.3 Å². The van der Waals surface area contributed by atoms with Gasteiger partial charge in [0, 0.05) is 0 Å². The fourth-order valence-electron chi connectivity index (χ4n) is 6.03. The zero-order chi connectivity index (χ0) is 22.9. The number of ketones is 2. The van der Waals surface area contributed by atoms with Crippen LogP contribution < -0.4 is 15.3 Å². The molecule has 0 radical (unpaired) electrons. The number of benzene rings is 2. The summed E-state index contributed by atoms with van der Waals surface area (Å²) in [6, 6.07) is 25.1. The van der Waals surface area contributed by atoms with Crippen molar-refractivity contribution in [1.82, 2.24) is 0 Å². The summed E-state index contributed by atoms with van der Waals surface area (Å²) in [5.74, 6) is -0.239.